The second kappa shape index (κ2) is 8.94. The highest BCUT2D eigenvalue weighted by Gasteiger charge is 2.26. The van der Waals surface area contributed by atoms with E-state index in [1.807, 2.05) is 48.5 Å². The largest absolute Gasteiger partial charge is 0.452 e. The van der Waals surface area contributed by atoms with Crippen LogP contribution in [0.1, 0.15) is 21.5 Å². The number of hydrogen-bond donors (Lipinski definition) is 1. The molecule has 3 aromatic carbocycles. The fraction of sp³-hybridized carbons (Fsp3) is 0.167. The van der Waals surface area contributed by atoms with Gasteiger partial charge in [-0.25, -0.2) is 17.9 Å². The zero-order chi connectivity index (χ0) is 22.7. The van der Waals surface area contributed by atoms with E-state index in [9.17, 15) is 18.0 Å². The number of fused-ring (bicyclic) bond motifs is 2. The maximum atomic E-state index is 13.2. The third kappa shape index (κ3) is 4.28. The lowest BCUT2D eigenvalue weighted by Gasteiger charge is -2.24. The molecule has 1 heterocycles. The highest BCUT2D eigenvalue weighted by molar-refractivity contribution is 7.89. The van der Waals surface area contributed by atoms with Gasteiger partial charge in [0.15, 0.2) is 6.61 Å². The van der Waals surface area contributed by atoms with Crippen molar-refractivity contribution < 1.29 is 22.7 Å². The summed E-state index contributed by atoms with van der Waals surface area (Å²) in [5, 5.41) is 0. The topological polar surface area (TPSA) is 92.8 Å². The minimum atomic E-state index is -3.60. The highest BCUT2D eigenvalue weighted by Crippen LogP contribution is 2.36. The molecule has 0 saturated heterocycles. The normalized spacial score (nSPS) is 13.0. The molecule has 3 aromatic rings. The van der Waals surface area contributed by atoms with Gasteiger partial charge >= 0.3 is 5.97 Å². The molecule has 1 amide bonds. The molecule has 32 heavy (non-hydrogen) atoms. The van der Waals surface area contributed by atoms with Crippen molar-refractivity contribution in [3.8, 4) is 0 Å². The predicted molar refractivity (Wildman–Crippen MR) is 120 cm³/mol. The standard InChI is InChI=1S/C24H22N2O5S/c1-25-32(29,30)20-14-12-19(13-15-20)24(28)31-16-23(27)26-21-8-4-2-6-17(21)10-11-18-7-3-5-9-22(18)26/h2-9,12-15,25H,10-11,16H2,1H3. The first kappa shape index (κ1) is 21.7. The first-order valence-electron chi connectivity index (χ1n) is 10.1. The van der Waals surface area contributed by atoms with E-state index in [2.05, 4.69) is 4.72 Å². The smallest absolute Gasteiger partial charge is 0.338 e. The van der Waals surface area contributed by atoms with Crippen molar-refractivity contribution in [1.82, 2.24) is 4.72 Å². The average molecular weight is 451 g/mol. The van der Waals surface area contributed by atoms with Crippen LogP contribution in [0, 0.1) is 0 Å². The highest BCUT2D eigenvalue weighted by atomic mass is 32.2. The van der Waals surface area contributed by atoms with E-state index in [1.54, 1.807) is 4.90 Å². The molecular weight excluding hydrogens is 428 g/mol. The monoisotopic (exact) mass is 450 g/mol. The molecule has 1 aliphatic rings. The molecule has 0 saturated carbocycles. The summed E-state index contributed by atoms with van der Waals surface area (Å²) in [5.41, 5.74) is 3.80. The summed E-state index contributed by atoms with van der Waals surface area (Å²) in [6.45, 7) is -0.446. The number of benzene rings is 3. The van der Waals surface area contributed by atoms with Crippen molar-refractivity contribution in [3.05, 3.63) is 89.5 Å². The Bertz CT molecular complexity index is 1220. The van der Waals surface area contributed by atoms with E-state index in [-0.39, 0.29) is 16.4 Å². The van der Waals surface area contributed by atoms with Gasteiger partial charge in [-0.2, -0.15) is 0 Å². The van der Waals surface area contributed by atoms with Crippen LogP contribution < -0.4 is 9.62 Å². The van der Waals surface area contributed by atoms with Crippen LogP contribution in [0.4, 0.5) is 11.4 Å². The molecule has 0 spiro atoms. The van der Waals surface area contributed by atoms with Crippen LogP contribution in [0.5, 0.6) is 0 Å². The Kier molecular flexibility index (Phi) is 6.07. The number of sulfonamides is 1. The lowest BCUT2D eigenvalue weighted by atomic mass is 10.0. The van der Waals surface area contributed by atoms with E-state index in [0.29, 0.717) is 0 Å². The number of nitrogens with one attached hydrogen (secondary N) is 1. The van der Waals surface area contributed by atoms with Crippen LogP contribution >= 0.6 is 0 Å². The molecule has 7 nitrogen and oxygen atoms in total. The van der Waals surface area contributed by atoms with Crippen molar-refractivity contribution in [2.75, 3.05) is 18.6 Å². The van der Waals surface area contributed by atoms with Gasteiger partial charge in [0.2, 0.25) is 10.0 Å². The second-order valence-electron chi connectivity index (χ2n) is 7.29. The summed E-state index contributed by atoms with van der Waals surface area (Å²) in [4.78, 5) is 27.3. The van der Waals surface area contributed by atoms with Crippen molar-refractivity contribution in [2.45, 2.75) is 17.7 Å². The SMILES string of the molecule is CNS(=O)(=O)c1ccc(C(=O)OCC(=O)N2c3ccccc3CCc3ccccc32)cc1. The van der Waals surface area contributed by atoms with Gasteiger partial charge in [-0.05, 0) is 67.4 Å². The molecule has 1 aliphatic heterocycles. The Morgan fingerprint density at radius 2 is 1.41 bits per heavy atom. The van der Waals surface area contributed by atoms with Crippen molar-refractivity contribution in [1.29, 1.82) is 0 Å². The zero-order valence-electron chi connectivity index (χ0n) is 17.4. The number of rotatable bonds is 5. The van der Waals surface area contributed by atoms with Crippen molar-refractivity contribution in [2.24, 2.45) is 0 Å². The third-order valence-corrected chi connectivity index (χ3v) is 6.80. The van der Waals surface area contributed by atoms with E-state index >= 15 is 0 Å². The first-order chi connectivity index (χ1) is 15.4. The Balaban J connectivity index is 1.54. The second-order valence-corrected chi connectivity index (χ2v) is 9.18. The number of esters is 1. The first-order valence-corrected chi connectivity index (χ1v) is 11.6. The van der Waals surface area contributed by atoms with E-state index < -0.39 is 22.6 Å². The van der Waals surface area contributed by atoms with Gasteiger partial charge in [-0.3, -0.25) is 9.69 Å². The molecule has 0 aromatic heterocycles. The number of amides is 1. The van der Waals surface area contributed by atoms with Crippen LogP contribution in [-0.2, 0) is 32.4 Å². The Labute approximate surface area is 186 Å². The van der Waals surface area contributed by atoms with Gasteiger partial charge in [0.1, 0.15) is 0 Å². The van der Waals surface area contributed by atoms with Gasteiger partial charge < -0.3 is 4.74 Å². The van der Waals surface area contributed by atoms with Crippen molar-refractivity contribution in [3.63, 3.8) is 0 Å². The molecule has 0 radical (unpaired) electrons. The summed E-state index contributed by atoms with van der Waals surface area (Å²) < 4.78 is 31.1. The molecule has 1 N–H and O–H groups in total. The van der Waals surface area contributed by atoms with Crippen LogP contribution in [0.25, 0.3) is 0 Å². The molecular formula is C24H22N2O5S. The molecule has 0 atom stereocenters. The van der Waals surface area contributed by atoms with Gasteiger partial charge in [0.05, 0.1) is 21.8 Å². The van der Waals surface area contributed by atoms with Crippen molar-refractivity contribution >= 4 is 33.3 Å². The number of ether oxygens (including phenoxy) is 1. The maximum absolute atomic E-state index is 13.2. The number of carbonyl (C=O) groups excluding carboxylic acids is 2. The maximum Gasteiger partial charge on any atom is 0.338 e. The Morgan fingerprint density at radius 1 is 0.875 bits per heavy atom. The fourth-order valence-corrected chi connectivity index (χ4v) is 4.44. The summed E-state index contributed by atoms with van der Waals surface area (Å²) in [5.74, 6) is -1.07. The molecule has 0 bridgehead atoms. The van der Waals surface area contributed by atoms with E-state index in [4.69, 9.17) is 4.74 Å². The minimum absolute atomic E-state index is 0.0328. The van der Waals surface area contributed by atoms with Crippen LogP contribution in [0.3, 0.4) is 0 Å². The molecule has 0 aliphatic carbocycles. The number of hydrogen-bond acceptors (Lipinski definition) is 5. The fourth-order valence-electron chi connectivity index (χ4n) is 3.71. The quantitative estimate of drug-likeness (QED) is 0.603. The van der Waals surface area contributed by atoms with Crippen LogP contribution in [-0.4, -0.2) is 33.9 Å². The predicted octanol–water partition coefficient (Wildman–Crippen LogP) is 3.22. The Morgan fingerprint density at radius 3 is 1.94 bits per heavy atom. The van der Waals surface area contributed by atoms with E-state index in [0.717, 1.165) is 35.3 Å². The molecule has 0 unspecified atom stereocenters. The summed E-state index contributed by atoms with van der Waals surface area (Å²) in [6.07, 6.45) is 1.61. The minimum Gasteiger partial charge on any atom is -0.452 e. The van der Waals surface area contributed by atoms with Gasteiger partial charge in [-0.1, -0.05) is 36.4 Å². The number of para-hydroxylation sites is 2. The van der Waals surface area contributed by atoms with Crippen LogP contribution in [0.2, 0.25) is 0 Å². The number of nitrogens with zero attached hydrogens (tertiary/aromatic N) is 1. The molecule has 0 fully saturated rings. The van der Waals surface area contributed by atoms with Gasteiger partial charge in [0.25, 0.3) is 5.91 Å². The third-order valence-electron chi connectivity index (χ3n) is 5.37. The van der Waals surface area contributed by atoms with E-state index in [1.165, 1.54) is 31.3 Å². The van der Waals surface area contributed by atoms with Gasteiger partial charge in [0, 0.05) is 0 Å². The molecule has 8 heteroatoms. The zero-order valence-corrected chi connectivity index (χ0v) is 18.3. The summed E-state index contributed by atoms with van der Waals surface area (Å²) >= 11 is 0. The molecule has 4 rings (SSSR count). The average Bonchev–Trinajstić information content (AvgIpc) is 2.99. The number of anilines is 2. The number of aryl methyl sites for hydroxylation is 2. The molecule has 164 valence electrons. The lowest BCUT2D eigenvalue weighted by Crippen LogP contribution is -2.31. The summed E-state index contributed by atoms with van der Waals surface area (Å²) in [6, 6.07) is 20.7. The lowest BCUT2D eigenvalue weighted by molar-refractivity contribution is -0.120. The van der Waals surface area contributed by atoms with Gasteiger partial charge in [-0.15, -0.1) is 0 Å². The Hall–Kier alpha value is -3.49. The summed E-state index contributed by atoms with van der Waals surface area (Å²) in [7, 11) is -2.30. The van der Waals surface area contributed by atoms with Crippen LogP contribution in [0.15, 0.2) is 77.7 Å². The number of carbonyl (C=O) groups is 2.